The number of amides is 2. The SMILES string of the molecule is COc1ccccc1/C=C(/NC(=O)c1ccc(OC)c(OC)c1)C(=O)Nc1ccccc1Cl. The van der Waals surface area contributed by atoms with Crippen LogP contribution in [0.5, 0.6) is 17.2 Å². The van der Waals surface area contributed by atoms with Crippen molar-refractivity contribution in [2.45, 2.75) is 0 Å². The maximum atomic E-state index is 13.1. The summed E-state index contributed by atoms with van der Waals surface area (Å²) >= 11 is 6.18. The highest BCUT2D eigenvalue weighted by Gasteiger charge is 2.18. The van der Waals surface area contributed by atoms with Crippen molar-refractivity contribution in [3.8, 4) is 17.2 Å². The smallest absolute Gasteiger partial charge is 0.272 e. The molecule has 0 unspecified atom stereocenters. The second kappa shape index (κ2) is 11.1. The van der Waals surface area contributed by atoms with Gasteiger partial charge in [0.2, 0.25) is 0 Å². The van der Waals surface area contributed by atoms with Gasteiger partial charge in [0.1, 0.15) is 11.4 Å². The van der Waals surface area contributed by atoms with Crippen molar-refractivity contribution in [2.75, 3.05) is 26.6 Å². The van der Waals surface area contributed by atoms with Crippen molar-refractivity contribution < 1.29 is 23.8 Å². The van der Waals surface area contributed by atoms with E-state index in [1.165, 1.54) is 33.5 Å². The van der Waals surface area contributed by atoms with Gasteiger partial charge in [0, 0.05) is 11.1 Å². The zero-order chi connectivity index (χ0) is 23.8. The molecule has 2 amide bonds. The Balaban J connectivity index is 1.96. The van der Waals surface area contributed by atoms with Gasteiger partial charge in [0.05, 0.1) is 32.0 Å². The van der Waals surface area contributed by atoms with Crippen LogP contribution in [0.25, 0.3) is 6.08 Å². The average molecular weight is 467 g/mol. The molecule has 0 aliphatic carbocycles. The Kier molecular flexibility index (Phi) is 7.94. The van der Waals surface area contributed by atoms with Crippen molar-refractivity contribution in [2.24, 2.45) is 0 Å². The summed E-state index contributed by atoms with van der Waals surface area (Å²) in [6.07, 6.45) is 1.53. The maximum Gasteiger partial charge on any atom is 0.272 e. The molecule has 0 aromatic heterocycles. The standard InChI is InChI=1S/C25H23ClN2O5/c1-31-21-11-7-4-8-16(21)14-20(25(30)27-19-10-6-5-9-18(19)26)28-24(29)17-12-13-22(32-2)23(15-17)33-3/h4-15H,1-3H3,(H,27,30)(H,28,29)/b20-14+. The largest absolute Gasteiger partial charge is 0.496 e. The number of hydrogen-bond acceptors (Lipinski definition) is 5. The number of rotatable bonds is 8. The Hall–Kier alpha value is -3.97. The molecule has 0 aliphatic rings. The molecule has 0 spiro atoms. The van der Waals surface area contributed by atoms with Crippen LogP contribution in [0, 0.1) is 0 Å². The van der Waals surface area contributed by atoms with E-state index in [1.807, 2.05) is 6.07 Å². The molecule has 0 aliphatic heterocycles. The quantitative estimate of drug-likeness (QED) is 0.467. The highest BCUT2D eigenvalue weighted by molar-refractivity contribution is 6.34. The van der Waals surface area contributed by atoms with Crippen LogP contribution >= 0.6 is 11.6 Å². The fraction of sp³-hybridized carbons (Fsp3) is 0.120. The van der Waals surface area contributed by atoms with Crippen molar-refractivity contribution in [1.29, 1.82) is 0 Å². The van der Waals surface area contributed by atoms with Crippen LogP contribution in [0.1, 0.15) is 15.9 Å². The number of halogens is 1. The first-order chi connectivity index (χ1) is 16.0. The van der Waals surface area contributed by atoms with Gasteiger partial charge in [-0.1, -0.05) is 41.9 Å². The summed E-state index contributed by atoms with van der Waals surface area (Å²) in [6.45, 7) is 0. The lowest BCUT2D eigenvalue weighted by atomic mass is 10.1. The molecule has 33 heavy (non-hydrogen) atoms. The van der Waals surface area contributed by atoms with Gasteiger partial charge >= 0.3 is 0 Å². The lowest BCUT2D eigenvalue weighted by molar-refractivity contribution is -0.113. The van der Waals surface area contributed by atoms with Crippen molar-refractivity contribution >= 4 is 35.2 Å². The second-order valence-electron chi connectivity index (χ2n) is 6.76. The first-order valence-corrected chi connectivity index (χ1v) is 10.3. The van der Waals surface area contributed by atoms with E-state index in [4.69, 9.17) is 25.8 Å². The van der Waals surface area contributed by atoms with E-state index in [1.54, 1.807) is 54.6 Å². The topological polar surface area (TPSA) is 85.9 Å². The van der Waals surface area contributed by atoms with E-state index in [-0.39, 0.29) is 11.3 Å². The monoisotopic (exact) mass is 466 g/mol. The average Bonchev–Trinajstić information content (AvgIpc) is 2.84. The molecular formula is C25H23ClN2O5. The van der Waals surface area contributed by atoms with E-state index >= 15 is 0 Å². The van der Waals surface area contributed by atoms with E-state index in [9.17, 15) is 9.59 Å². The number of nitrogens with one attached hydrogen (secondary N) is 2. The molecule has 0 bridgehead atoms. The van der Waals surface area contributed by atoms with Crippen LogP contribution in [0.15, 0.2) is 72.4 Å². The van der Waals surface area contributed by atoms with Crippen LogP contribution in [-0.4, -0.2) is 33.1 Å². The highest BCUT2D eigenvalue weighted by atomic mass is 35.5. The number of anilines is 1. The minimum Gasteiger partial charge on any atom is -0.496 e. The molecule has 3 aromatic rings. The summed E-state index contributed by atoms with van der Waals surface area (Å²) in [5, 5.41) is 5.77. The summed E-state index contributed by atoms with van der Waals surface area (Å²) in [5.41, 5.74) is 1.30. The summed E-state index contributed by atoms with van der Waals surface area (Å²) in [6, 6.07) is 18.7. The Morgan fingerprint density at radius 1 is 0.818 bits per heavy atom. The second-order valence-corrected chi connectivity index (χ2v) is 7.17. The molecule has 0 atom stereocenters. The highest BCUT2D eigenvalue weighted by Crippen LogP contribution is 2.28. The lowest BCUT2D eigenvalue weighted by Gasteiger charge is -2.14. The number of para-hydroxylation sites is 2. The van der Waals surface area contributed by atoms with Gasteiger partial charge < -0.3 is 24.8 Å². The molecular weight excluding hydrogens is 444 g/mol. The molecule has 7 nitrogen and oxygen atoms in total. The molecule has 3 aromatic carbocycles. The predicted molar refractivity (Wildman–Crippen MR) is 128 cm³/mol. The van der Waals surface area contributed by atoms with Crippen molar-refractivity contribution in [1.82, 2.24) is 5.32 Å². The molecule has 0 fully saturated rings. The zero-order valence-electron chi connectivity index (χ0n) is 18.3. The Morgan fingerprint density at radius 2 is 1.48 bits per heavy atom. The minimum absolute atomic E-state index is 0.000736. The molecule has 0 saturated carbocycles. The first-order valence-electron chi connectivity index (χ1n) is 9.90. The van der Waals surface area contributed by atoms with Crippen molar-refractivity contribution in [3.63, 3.8) is 0 Å². The van der Waals surface area contributed by atoms with Gasteiger partial charge in [0.15, 0.2) is 11.5 Å². The third kappa shape index (κ3) is 5.84. The van der Waals surface area contributed by atoms with Crippen molar-refractivity contribution in [3.05, 3.63) is 88.6 Å². The van der Waals surface area contributed by atoms with Gasteiger partial charge in [-0.25, -0.2) is 0 Å². The molecule has 170 valence electrons. The molecule has 8 heteroatoms. The number of hydrogen-bond donors (Lipinski definition) is 2. The van der Waals surface area contributed by atoms with Crippen LogP contribution in [0.2, 0.25) is 5.02 Å². The van der Waals surface area contributed by atoms with Crippen LogP contribution in [0.4, 0.5) is 5.69 Å². The lowest BCUT2D eigenvalue weighted by Crippen LogP contribution is -2.30. The first kappa shape index (κ1) is 23.7. The number of methoxy groups -OCH3 is 3. The van der Waals surface area contributed by atoms with Gasteiger partial charge in [-0.05, 0) is 42.5 Å². The Labute approximate surface area is 196 Å². The summed E-state index contributed by atoms with van der Waals surface area (Å²) in [5.74, 6) is 0.353. The number of carbonyl (C=O) groups excluding carboxylic acids is 2. The normalized spacial score (nSPS) is 10.8. The van der Waals surface area contributed by atoms with Crippen LogP contribution < -0.4 is 24.8 Å². The maximum absolute atomic E-state index is 13.1. The fourth-order valence-electron chi connectivity index (χ4n) is 3.02. The molecule has 0 radical (unpaired) electrons. The molecule has 2 N–H and O–H groups in total. The van der Waals surface area contributed by atoms with E-state index in [2.05, 4.69) is 10.6 Å². The minimum atomic E-state index is -0.553. The predicted octanol–water partition coefficient (Wildman–Crippen LogP) is 4.78. The number of carbonyl (C=O) groups is 2. The Bertz CT molecular complexity index is 1190. The van der Waals surface area contributed by atoms with Gasteiger partial charge in [0.25, 0.3) is 11.8 Å². The van der Waals surface area contributed by atoms with Gasteiger partial charge in [-0.2, -0.15) is 0 Å². The van der Waals surface area contributed by atoms with Gasteiger partial charge in [-0.3, -0.25) is 9.59 Å². The van der Waals surface area contributed by atoms with Crippen LogP contribution in [0.3, 0.4) is 0 Å². The van der Waals surface area contributed by atoms with Crippen LogP contribution in [-0.2, 0) is 4.79 Å². The summed E-state index contributed by atoms with van der Waals surface area (Å²) < 4.78 is 15.8. The third-order valence-electron chi connectivity index (χ3n) is 4.70. The Morgan fingerprint density at radius 3 is 2.18 bits per heavy atom. The summed E-state index contributed by atoms with van der Waals surface area (Å²) in [4.78, 5) is 26.1. The molecule has 0 heterocycles. The zero-order valence-corrected chi connectivity index (χ0v) is 19.1. The fourth-order valence-corrected chi connectivity index (χ4v) is 3.21. The van der Waals surface area contributed by atoms with Gasteiger partial charge in [-0.15, -0.1) is 0 Å². The molecule has 3 rings (SSSR count). The van der Waals surface area contributed by atoms with E-state index < -0.39 is 11.8 Å². The number of ether oxygens (including phenoxy) is 3. The summed E-state index contributed by atoms with van der Waals surface area (Å²) in [7, 11) is 4.51. The van der Waals surface area contributed by atoms with E-state index in [0.29, 0.717) is 33.5 Å². The molecule has 0 saturated heterocycles. The number of benzene rings is 3. The third-order valence-corrected chi connectivity index (χ3v) is 5.03. The van der Waals surface area contributed by atoms with E-state index in [0.717, 1.165) is 0 Å².